The van der Waals surface area contributed by atoms with E-state index in [1.54, 1.807) is 13.3 Å². The quantitative estimate of drug-likeness (QED) is 0.670. The van der Waals surface area contributed by atoms with Crippen LogP contribution in [0.15, 0.2) is 29.7 Å². The molecule has 1 aliphatic rings. The van der Waals surface area contributed by atoms with Crippen molar-refractivity contribution in [1.82, 2.24) is 10.3 Å². The molecule has 0 radical (unpaired) electrons. The topological polar surface area (TPSA) is 46.5 Å². The summed E-state index contributed by atoms with van der Waals surface area (Å²) >= 11 is 5.53. The first-order chi connectivity index (χ1) is 8.75. The van der Waals surface area contributed by atoms with Crippen LogP contribution in [0.25, 0.3) is 0 Å². The lowest BCUT2D eigenvalue weighted by atomic mass is 9.78. The molecule has 1 N–H and O–H groups in total. The van der Waals surface area contributed by atoms with Crippen molar-refractivity contribution in [3.8, 4) is 0 Å². The molecule has 0 aliphatic heterocycles. The Kier molecular flexibility index (Phi) is 3.91. The maximum Gasteiger partial charge on any atom is 0.106 e. The van der Waals surface area contributed by atoms with Crippen molar-refractivity contribution < 1.29 is 4.84 Å². The number of hydrogen-bond donors (Lipinski definition) is 1. The number of nitrogens with zero attached hydrogens (tertiary/aromatic N) is 2. The van der Waals surface area contributed by atoms with Gasteiger partial charge in [-0.25, -0.2) is 0 Å². The van der Waals surface area contributed by atoms with Gasteiger partial charge in [-0.2, -0.15) is 0 Å². The van der Waals surface area contributed by atoms with Gasteiger partial charge in [-0.05, 0) is 30.9 Å². The molecule has 2 rings (SSSR count). The molecular formula is C13H17N3OS. The van der Waals surface area contributed by atoms with E-state index < -0.39 is 0 Å². The van der Waals surface area contributed by atoms with Gasteiger partial charge in [0.25, 0.3) is 0 Å². The van der Waals surface area contributed by atoms with Gasteiger partial charge >= 0.3 is 0 Å². The molecule has 0 aromatic carbocycles. The van der Waals surface area contributed by atoms with E-state index in [-0.39, 0.29) is 5.41 Å². The van der Waals surface area contributed by atoms with Crippen molar-refractivity contribution in [3.63, 3.8) is 0 Å². The van der Waals surface area contributed by atoms with Crippen molar-refractivity contribution in [2.75, 3.05) is 14.2 Å². The van der Waals surface area contributed by atoms with Crippen LogP contribution in [-0.4, -0.2) is 29.8 Å². The molecule has 1 atom stereocenters. The molecule has 1 saturated carbocycles. The normalized spacial score (nSPS) is 25.1. The summed E-state index contributed by atoms with van der Waals surface area (Å²) in [6.45, 7) is 0. The molecule has 0 bridgehead atoms. The van der Waals surface area contributed by atoms with Gasteiger partial charge in [-0.15, -0.1) is 0 Å². The van der Waals surface area contributed by atoms with E-state index in [0.29, 0.717) is 0 Å². The first-order valence-corrected chi connectivity index (χ1v) is 6.39. The molecule has 1 unspecified atom stereocenters. The third-order valence-corrected chi connectivity index (χ3v) is 3.98. The first kappa shape index (κ1) is 13.0. The SMILES string of the molecule is CNC(=S)C1(c2cccnc2)CCCC1=NOC. The lowest BCUT2D eigenvalue weighted by Gasteiger charge is -2.30. The predicted molar refractivity (Wildman–Crippen MR) is 75.9 cm³/mol. The highest BCUT2D eigenvalue weighted by atomic mass is 32.1. The van der Waals surface area contributed by atoms with E-state index in [1.807, 2.05) is 25.4 Å². The zero-order valence-electron chi connectivity index (χ0n) is 10.6. The summed E-state index contributed by atoms with van der Waals surface area (Å²) < 4.78 is 0. The van der Waals surface area contributed by atoms with Crippen LogP contribution in [0.2, 0.25) is 0 Å². The fraction of sp³-hybridized carbons (Fsp3) is 0.462. The van der Waals surface area contributed by atoms with Crippen LogP contribution in [0.1, 0.15) is 24.8 Å². The molecular weight excluding hydrogens is 246 g/mol. The Morgan fingerprint density at radius 1 is 1.61 bits per heavy atom. The molecule has 1 aromatic rings. The molecule has 1 aliphatic carbocycles. The third kappa shape index (κ3) is 1.99. The second-order valence-corrected chi connectivity index (χ2v) is 4.71. The van der Waals surface area contributed by atoms with Crippen LogP contribution >= 0.6 is 12.2 Å². The second kappa shape index (κ2) is 5.44. The highest BCUT2D eigenvalue weighted by Crippen LogP contribution is 2.39. The summed E-state index contributed by atoms with van der Waals surface area (Å²) in [6.07, 6.45) is 6.53. The number of rotatable bonds is 3. The molecule has 5 heteroatoms. The summed E-state index contributed by atoms with van der Waals surface area (Å²) in [4.78, 5) is 9.96. The molecule has 4 nitrogen and oxygen atoms in total. The van der Waals surface area contributed by atoms with Crippen LogP contribution in [0, 0.1) is 0 Å². The summed E-state index contributed by atoms with van der Waals surface area (Å²) in [5.41, 5.74) is 1.71. The van der Waals surface area contributed by atoms with E-state index in [4.69, 9.17) is 17.1 Å². The minimum Gasteiger partial charge on any atom is -0.399 e. The molecule has 96 valence electrons. The van der Waals surface area contributed by atoms with Crippen LogP contribution in [0.4, 0.5) is 0 Å². The van der Waals surface area contributed by atoms with Gasteiger partial charge in [0.1, 0.15) is 7.11 Å². The number of nitrogens with one attached hydrogen (secondary N) is 1. The molecule has 0 amide bonds. The Labute approximate surface area is 112 Å². The number of likely N-dealkylation sites (N-methyl/N-ethyl adjacent to an activating group) is 1. The van der Waals surface area contributed by atoms with Crippen molar-refractivity contribution in [1.29, 1.82) is 0 Å². The summed E-state index contributed by atoms with van der Waals surface area (Å²) in [5, 5.41) is 7.29. The first-order valence-electron chi connectivity index (χ1n) is 5.99. The molecule has 0 saturated heterocycles. The van der Waals surface area contributed by atoms with Gasteiger partial charge in [0, 0.05) is 19.4 Å². The molecule has 1 aromatic heterocycles. The van der Waals surface area contributed by atoms with E-state index in [1.165, 1.54) is 0 Å². The fourth-order valence-electron chi connectivity index (χ4n) is 2.63. The number of oxime groups is 1. The fourth-order valence-corrected chi connectivity index (χ4v) is 2.97. The highest BCUT2D eigenvalue weighted by Gasteiger charge is 2.45. The van der Waals surface area contributed by atoms with Crippen LogP contribution in [0.3, 0.4) is 0 Å². The third-order valence-electron chi connectivity index (χ3n) is 3.43. The standard InChI is InChI=1S/C13H17N3OS/c1-14-12(18)13(10-5-4-8-15-9-10)7-3-6-11(13)16-17-2/h4-5,8-9H,3,6-7H2,1-2H3,(H,14,18). The number of aromatic nitrogens is 1. The zero-order chi connectivity index (χ0) is 13.0. The van der Waals surface area contributed by atoms with E-state index in [2.05, 4.69) is 15.5 Å². The van der Waals surface area contributed by atoms with Crippen LogP contribution < -0.4 is 5.32 Å². The Balaban J connectivity index is 2.54. The highest BCUT2D eigenvalue weighted by molar-refractivity contribution is 7.80. The van der Waals surface area contributed by atoms with Gasteiger partial charge in [0.05, 0.1) is 16.1 Å². The maximum absolute atomic E-state index is 5.53. The summed E-state index contributed by atoms with van der Waals surface area (Å²) in [6, 6.07) is 3.98. The van der Waals surface area contributed by atoms with Crippen molar-refractivity contribution >= 4 is 22.9 Å². The Hall–Kier alpha value is -1.49. The smallest absolute Gasteiger partial charge is 0.106 e. The van der Waals surface area contributed by atoms with Crippen molar-refractivity contribution in [2.24, 2.45) is 5.16 Å². The van der Waals surface area contributed by atoms with E-state index >= 15 is 0 Å². The molecule has 18 heavy (non-hydrogen) atoms. The average molecular weight is 263 g/mol. The van der Waals surface area contributed by atoms with Crippen molar-refractivity contribution in [3.05, 3.63) is 30.1 Å². The van der Waals surface area contributed by atoms with Gasteiger partial charge in [0.2, 0.25) is 0 Å². The van der Waals surface area contributed by atoms with E-state index in [9.17, 15) is 0 Å². The minimum atomic E-state index is -0.353. The maximum atomic E-state index is 5.53. The summed E-state index contributed by atoms with van der Waals surface area (Å²) in [7, 11) is 3.42. The molecule has 1 heterocycles. The zero-order valence-corrected chi connectivity index (χ0v) is 11.5. The monoisotopic (exact) mass is 263 g/mol. The largest absolute Gasteiger partial charge is 0.399 e. The number of thiocarbonyl (C=S) groups is 1. The minimum absolute atomic E-state index is 0.353. The molecule has 0 spiro atoms. The Morgan fingerprint density at radius 2 is 2.44 bits per heavy atom. The lowest BCUT2D eigenvalue weighted by Crippen LogP contribution is -2.45. The lowest BCUT2D eigenvalue weighted by molar-refractivity contribution is 0.211. The van der Waals surface area contributed by atoms with Crippen molar-refractivity contribution in [2.45, 2.75) is 24.7 Å². The van der Waals surface area contributed by atoms with Crippen LogP contribution in [-0.2, 0) is 10.3 Å². The van der Waals surface area contributed by atoms with Gasteiger partial charge in [-0.1, -0.05) is 23.4 Å². The molecule has 1 fully saturated rings. The Morgan fingerprint density at radius 3 is 3.06 bits per heavy atom. The summed E-state index contributed by atoms with van der Waals surface area (Å²) in [5.74, 6) is 0. The van der Waals surface area contributed by atoms with Gasteiger partial charge < -0.3 is 10.2 Å². The predicted octanol–water partition coefficient (Wildman–Crippen LogP) is 2.05. The number of hydrogen-bond acceptors (Lipinski definition) is 4. The average Bonchev–Trinajstić information content (AvgIpc) is 2.84. The Bertz CT molecular complexity index is 461. The van der Waals surface area contributed by atoms with E-state index in [0.717, 1.165) is 35.5 Å². The van der Waals surface area contributed by atoms with Gasteiger partial charge in [0.15, 0.2) is 0 Å². The van der Waals surface area contributed by atoms with Gasteiger partial charge in [-0.3, -0.25) is 4.98 Å². The number of pyridine rings is 1. The second-order valence-electron chi connectivity index (χ2n) is 4.30. The van der Waals surface area contributed by atoms with Crippen LogP contribution in [0.5, 0.6) is 0 Å².